The van der Waals surface area contributed by atoms with Gasteiger partial charge in [-0.2, -0.15) is 0 Å². The first-order chi connectivity index (χ1) is 9.52. The van der Waals surface area contributed by atoms with Crippen molar-refractivity contribution in [1.82, 2.24) is 10.3 Å². The van der Waals surface area contributed by atoms with E-state index in [1.807, 2.05) is 19.1 Å². The van der Waals surface area contributed by atoms with Gasteiger partial charge in [0, 0.05) is 12.2 Å². The number of hydrogen-bond donors (Lipinski definition) is 1. The van der Waals surface area contributed by atoms with E-state index < -0.39 is 0 Å². The number of nitrogens with one attached hydrogen (secondary N) is 1. The Hall–Kier alpha value is -1.62. The summed E-state index contributed by atoms with van der Waals surface area (Å²) in [4.78, 5) is 15.8. The third kappa shape index (κ3) is 6.02. The quantitative estimate of drug-likeness (QED) is 0.739. The summed E-state index contributed by atoms with van der Waals surface area (Å²) in [7, 11) is 0. The highest BCUT2D eigenvalue weighted by Gasteiger charge is 2.09. The third-order valence-corrected chi connectivity index (χ3v) is 2.57. The van der Waals surface area contributed by atoms with Crippen LogP contribution in [0.1, 0.15) is 32.2 Å². The van der Waals surface area contributed by atoms with Gasteiger partial charge in [0.2, 0.25) is 0 Å². The molecule has 1 aromatic rings. The van der Waals surface area contributed by atoms with Gasteiger partial charge in [-0.15, -0.1) is 0 Å². The lowest BCUT2D eigenvalue weighted by molar-refractivity contribution is -0.145. The molecule has 0 radical (unpaired) electrons. The molecular formula is C15H24N2O3. The normalized spacial score (nSPS) is 10.7. The van der Waals surface area contributed by atoms with Gasteiger partial charge in [0.1, 0.15) is 5.75 Å². The second-order valence-corrected chi connectivity index (χ2v) is 5.02. The van der Waals surface area contributed by atoms with Gasteiger partial charge in [0.25, 0.3) is 0 Å². The van der Waals surface area contributed by atoms with Crippen molar-refractivity contribution in [2.45, 2.75) is 34.2 Å². The molecule has 5 nitrogen and oxygen atoms in total. The number of aryl methyl sites for hydroxylation is 1. The number of rotatable bonds is 8. The van der Waals surface area contributed by atoms with Gasteiger partial charge < -0.3 is 14.8 Å². The molecule has 1 heterocycles. The lowest BCUT2D eigenvalue weighted by Crippen LogP contribution is -2.21. The molecule has 0 bridgehead atoms. The highest BCUT2D eigenvalue weighted by Crippen LogP contribution is 2.17. The zero-order valence-electron chi connectivity index (χ0n) is 12.7. The SMILES string of the molecule is CCOC(=O)COc1ccc(C)nc1CNCC(C)C. The van der Waals surface area contributed by atoms with Crippen LogP contribution >= 0.6 is 0 Å². The van der Waals surface area contributed by atoms with Crippen LogP contribution in [0.4, 0.5) is 0 Å². The van der Waals surface area contributed by atoms with Crippen LogP contribution in [-0.2, 0) is 16.1 Å². The monoisotopic (exact) mass is 280 g/mol. The minimum absolute atomic E-state index is 0.0875. The molecular weight excluding hydrogens is 256 g/mol. The molecule has 0 atom stereocenters. The summed E-state index contributed by atoms with van der Waals surface area (Å²) in [5.74, 6) is 0.831. The predicted molar refractivity (Wildman–Crippen MR) is 77.6 cm³/mol. The summed E-state index contributed by atoms with van der Waals surface area (Å²) in [5.41, 5.74) is 1.74. The van der Waals surface area contributed by atoms with E-state index in [4.69, 9.17) is 9.47 Å². The summed E-state index contributed by atoms with van der Waals surface area (Å²) >= 11 is 0. The number of aromatic nitrogens is 1. The average Bonchev–Trinajstić information content (AvgIpc) is 2.37. The first kappa shape index (κ1) is 16.4. The maximum Gasteiger partial charge on any atom is 0.344 e. The van der Waals surface area contributed by atoms with Crippen LogP contribution in [0.2, 0.25) is 0 Å². The molecule has 0 aromatic carbocycles. The molecule has 0 aliphatic rings. The Bertz CT molecular complexity index is 433. The Morgan fingerprint density at radius 2 is 2.15 bits per heavy atom. The number of carbonyl (C=O) groups is 1. The zero-order valence-corrected chi connectivity index (χ0v) is 12.7. The van der Waals surface area contributed by atoms with Crippen molar-refractivity contribution in [1.29, 1.82) is 0 Å². The van der Waals surface area contributed by atoms with Gasteiger partial charge in [0.05, 0.1) is 12.3 Å². The average molecular weight is 280 g/mol. The Kier molecular flexibility index (Phi) is 7.01. The fourth-order valence-corrected chi connectivity index (χ4v) is 1.67. The number of nitrogens with zero attached hydrogens (tertiary/aromatic N) is 1. The second kappa shape index (κ2) is 8.53. The van der Waals surface area contributed by atoms with Crippen molar-refractivity contribution in [3.05, 3.63) is 23.5 Å². The summed E-state index contributed by atoms with van der Waals surface area (Å²) < 4.78 is 10.3. The zero-order chi connectivity index (χ0) is 15.0. The molecule has 0 aliphatic carbocycles. The highest BCUT2D eigenvalue weighted by molar-refractivity contribution is 5.71. The van der Waals surface area contributed by atoms with Gasteiger partial charge in [-0.3, -0.25) is 4.98 Å². The van der Waals surface area contributed by atoms with Crippen molar-refractivity contribution in [2.75, 3.05) is 19.8 Å². The standard InChI is InChI=1S/C15H24N2O3/c1-5-19-15(18)10-20-14-7-6-12(4)17-13(14)9-16-8-11(2)3/h6-7,11,16H,5,8-10H2,1-4H3. The first-order valence-corrected chi connectivity index (χ1v) is 6.98. The van der Waals surface area contributed by atoms with Gasteiger partial charge in [-0.1, -0.05) is 13.8 Å². The van der Waals surface area contributed by atoms with Crippen LogP contribution in [0.5, 0.6) is 5.75 Å². The van der Waals surface area contributed by atoms with E-state index in [0.717, 1.165) is 17.9 Å². The minimum Gasteiger partial charge on any atom is -0.480 e. The smallest absolute Gasteiger partial charge is 0.344 e. The minimum atomic E-state index is -0.367. The highest BCUT2D eigenvalue weighted by atomic mass is 16.6. The van der Waals surface area contributed by atoms with E-state index in [-0.39, 0.29) is 12.6 Å². The Labute approximate surface area is 120 Å². The predicted octanol–water partition coefficient (Wildman–Crippen LogP) is 2.08. The second-order valence-electron chi connectivity index (χ2n) is 5.02. The van der Waals surface area contributed by atoms with Gasteiger partial charge in [0.15, 0.2) is 6.61 Å². The molecule has 0 unspecified atom stereocenters. The van der Waals surface area contributed by atoms with Crippen LogP contribution in [0.15, 0.2) is 12.1 Å². The molecule has 0 spiro atoms. The molecule has 1 N–H and O–H groups in total. The fraction of sp³-hybridized carbons (Fsp3) is 0.600. The van der Waals surface area contributed by atoms with E-state index in [1.54, 1.807) is 6.92 Å². The molecule has 0 saturated carbocycles. The van der Waals surface area contributed by atoms with Gasteiger partial charge in [-0.25, -0.2) is 4.79 Å². The first-order valence-electron chi connectivity index (χ1n) is 6.98. The maximum absolute atomic E-state index is 11.3. The van der Waals surface area contributed by atoms with Crippen molar-refractivity contribution in [2.24, 2.45) is 5.92 Å². The summed E-state index contributed by atoms with van der Waals surface area (Å²) in [5, 5.41) is 3.32. The molecule has 1 rings (SSSR count). The van der Waals surface area contributed by atoms with Crippen LogP contribution in [0.25, 0.3) is 0 Å². The number of pyridine rings is 1. The number of hydrogen-bond acceptors (Lipinski definition) is 5. The molecule has 1 aromatic heterocycles. The maximum atomic E-state index is 11.3. The van der Waals surface area contributed by atoms with Crippen LogP contribution in [-0.4, -0.2) is 30.7 Å². The molecule has 0 aliphatic heterocycles. The summed E-state index contributed by atoms with van der Waals surface area (Å²) in [6.07, 6.45) is 0. The van der Waals surface area contributed by atoms with E-state index in [2.05, 4.69) is 24.1 Å². The van der Waals surface area contributed by atoms with Crippen molar-refractivity contribution in [3.63, 3.8) is 0 Å². The molecule has 5 heteroatoms. The Morgan fingerprint density at radius 3 is 2.80 bits per heavy atom. The van der Waals surface area contributed by atoms with Crippen LogP contribution < -0.4 is 10.1 Å². The van der Waals surface area contributed by atoms with Crippen LogP contribution in [0, 0.1) is 12.8 Å². The van der Waals surface area contributed by atoms with Gasteiger partial charge in [-0.05, 0) is 38.4 Å². The van der Waals surface area contributed by atoms with Crippen molar-refractivity contribution in [3.8, 4) is 5.75 Å². The van der Waals surface area contributed by atoms with Crippen LogP contribution in [0.3, 0.4) is 0 Å². The lowest BCUT2D eigenvalue weighted by atomic mass is 10.2. The Morgan fingerprint density at radius 1 is 1.40 bits per heavy atom. The molecule has 112 valence electrons. The van der Waals surface area contributed by atoms with E-state index >= 15 is 0 Å². The molecule has 0 saturated heterocycles. The van der Waals surface area contributed by atoms with Crippen molar-refractivity contribution >= 4 is 5.97 Å². The van der Waals surface area contributed by atoms with E-state index in [9.17, 15) is 4.79 Å². The summed E-state index contributed by atoms with van der Waals surface area (Å²) in [6.45, 7) is 9.80. The largest absolute Gasteiger partial charge is 0.480 e. The van der Waals surface area contributed by atoms with Crippen molar-refractivity contribution < 1.29 is 14.3 Å². The van der Waals surface area contributed by atoms with E-state index in [0.29, 0.717) is 24.8 Å². The Balaban J connectivity index is 2.62. The molecule has 0 fully saturated rings. The third-order valence-electron chi connectivity index (χ3n) is 2.57. The number of esters is 1. The number of ether oxygens (including phenoxy) is 2. The number of carbonyl (C=O) groups excluding carboxylic acids is 1. The fourth-order valence-electron chi connectivity index (χ4n) is 1.67. The molecule has 20 heavy (non-hydrogen) atoms. The van der Waals surface area contributed by atoms with E-state index in [1.165, 1.54) is 0 Å². The molecule has 0 amide bonds. The topological polar surface area (TPSA) is 60.5 Å². The lowest BCUT2D eigenvalue weighted by Gasteiger charge is -2.12. The summed E-state index contributed by atoms with van der Waals surface area (Å²) in [6, 6.07) is 3.71. The van der Waals surface area contributed by atoms with Gasteiger partial charge >= 0.3 is 5.97 Å².